The third-order valence-electron chi connectivity index (χ3n) is 3.23. The third-order valence-corrected chi connectivity index (χ3v) is 3.95. The van der Waals surface area contributed by atoms with Gasteiger partial charge in [-0.15, -0.1) is 0 Å². The Balaban J connectivity index is 1.73. The number of nitrogens with zero attached hydrogens (tertiary/aromatic N) is 2. The van der Waals surface area contributed by atoms with Crippen molar-refractivity contribution in [2.45, 2.75) is 6.92 Å². The van der Waals surface area contributed by atoms with Gasteiger partial charge in [0.25, 0.3) is 0 Å². The summed E-state index contributed by atoms with van der Waals surface area (Å²) in [5.41, 5.74) is 3.13. The molecule has 0 spiro atoms. The molecule has 0 radical (unpaired) electrons. The van der Waals surface area contributed by atoms with E-state index in [-0.39, 0.29) is 5.69 Å². The zero-order chi connectivity index (χ0) is 16.2. The predicted molar refractivity (Wildman–Crippen MR) is 96.3 cm³/mol. The zero-order valence-electron chi connectivity index (χ0n) is 12.4. The number of aromatic nitrogens is 2. The summed E-state index contributed by atoms with van der Waals surface area (Å²) < 4.78 is 6.50. The Bertz CT molecular complexity index is 813. The molecule has 2 aromatic carbocycles. The standard InChI is InChI=1S/C18H13IN2O2/c1-12-10-21-17(11-20-12)18(22)23-16-8-4-14(5-9-16)13-2-6-15(19)7-3-13/h2-11H,1H3. The number of aryl methyl sites for hydroxylation is 1. The molecule has 0 atom stereocenters. The average Bonchev–Trinajstić information content (AvgIpc) is 2.57. The molecule has 0 aliphatic heterocycles. The van der Waals surface area contributed by atoms with E-state index in [0.717, 1.165) is 16.8 Å². The Morgan fingerprint density at radius 2 is 1.52 bits per heavy atom. The summed E-state index contributed by atoms with van der Waals surface area (Å²) in [4.78, 5) is 20.0. The van der Waals surface area contributed by atoms with Gasteiger partial charge in [0.1, 0.15) is 5.75 Å². The molecule has 0 N–H and O–H groups in total. The van der Waals surface area contributed by atoms with E-state index >= 15 is 0 Å². The summed E-state index contributed by atoms with van der Waals surface area (Å²) in [6.45, 7) is 1.81. The van der Waals surface area contributed by atoms with Gasteiger partial charge in [-0.2, -0.15) is 0 Å². The van der Waals surface area contributed by atoms with Crippen molar-refractivity contribution in [1.82, 2.24) is 9.97 Å². The van der Waals surface area contributed by atoms with Crippen molar-refractivity contribution in [2.24, 2.45) is 0 Å². The van der Waals surface area contributed by atoms with Crippen LogP contribution in [0.1, 0.15) is 16.2 Å². The summed E-state index contributed by atoms with van der Waals surface area (Å²) in [6.07, 6.45) is 2.95. The number of carbonyl (C=O) groups excluding carboxylic acids is 1. The van der Waals surface area contributed by atoms with Gasteiger partial charge in [0.15, 0.2) is 5.69 Å². The van der Waals surface area contributed by atoms with E-state index in [1.54, 1.807) is 12.1 Å². The van der Waals surface area contributed by atoms with E-state index in [0.29, 0.717) is 5.75 Å². The third kappa shape index (κ3) is 3.92. The molecule has 0 amide bonds. The van der Waals surface area contributed by atoms with Gasteiger partial charge in [-0.1, -0.05) is 24.3 Å². The van der Waals surface area contributed by atoms with E-state index < -0.39 is 5.97 Å². The van der Waals surface area contributed by atoms with Crippen LogP contribution in [-0.4, -0.2) is 15.9 Å². The van der Waals surface area contributed by atoms with E-state index in [1.165, 1.54) is 16.0 Å². The molecule has 0 aliphatic rings. The van der Waals surface area contributed by atoms with Gasteiger partial charge < -0.3 is 4.74 Å². The number of hydrogen-bond donors (Lipinski definition) is 0. The first-order chi connectivity index (χ1) is 11.1. The van der Waals surface area contributed by atoms with Gasteiger partial charge in [0, 0.05) is 9.77 Å². The van der Waals surface area contributed by atoms with Crippen LogP contribution in [0.5, 0.6) is 5.75 Å². The number of carbonyl (C=O) groups is 1. The molecule has 0 aliphatic carbocycles. The molecular weight excluding hydrogens is 403 g/mol. The van der Waals surface area contributed by atoms with Crippen molar-refractivity contribution < 1.29 is 9.53 Å². The molecule has 1 heterocycles. The Morgan fingerprint density at radius 3 is 2.09 bits per heavy atom. The second kappa shape index (κ2) is 6.87. The average molecular weight is 416 g/mol. The Kier molecular flexibility index (Phi) is 4.66. The first kappa shape index (κ1) is 15.6. The van der Waals surface area contributed by atoms with Crippen LogP contribution in [0.25, 0.3) is 11.1 Å². The summed E-state index contributed by atoms with van der Waals surface area (Å²) in [5, 5.41) is 0. The molecule has 3 rings (SSSR count). The van der Waals surface area contributed by atoms with Crippen LogP contribution < -0.4 is 4.74 Å². The highest BCUT2D eigenvalue weighted by Crippen LogP contribution is 2.23. The van der Waals surface area contributed by atoms with Crippen molar-refractivity contribution in [3.63, 3.8) is 0 Å². The fourth-order valence-electron chi connectivity index (χ4n) is 2.02. The Labute approximate surface area is 147 Å². The zero-order valence-corrected chi connectivity index (χ0v) is 14.5. The largest absolute Gasteiger partial charge is 0.422 e. The smallest absolute Gasteiger partial charge is 0.363 e. The SMILES string of the molecule is Cc1cnc(C(=O)Oc2ccc(-c3ccc(I)cc3)cc2)cn1. The fourth-order valence-corrected chi connectivity index (χ4v) is 2.37. The van der Waals surface area contributed by atoms with Gasteiger partial charge in [-0.3, -0.25) is 4.98 Å². The van der Waals surface area contributed by atoms with E-state index in [4.69, 9.17) is 4.74 Å². The highest BCUT2D eigenvalue weighted by Gasteiger charge is 2.10. The Morgan fingerprint density at radius 1 is 0.913 bits per heavy atom. The Hall–Kier alpha value is -2.28. The molecule has 114 valence electrons. The monoisotopic (exact) mass is 416 g/mol. The van der Waals surface area contributed by atoms with Crippen LogP contribution in [0.2, 0.25) is 0 Å². The second-order valence-electron chi connectivity index (χ2n) is 4.96. The number of benzene rings is 2. The van der Waals surface area contributed by atoms with Gasteiger partial charge in [-0.05, 0) is 64.9 Å². The molecule has 4 nitrogen and oxygen atoms in total. The van der Waals surface area contributed by atoms with Crippen molar-refractivity contribution in [3.05, 3.63) is 75.9 Å². The molecule has 3 aromatic rings. The van der Waals surface area contributed by atoms with Crippen LogP contribution in [0.3, 0.4) is 0 Å². The normalized spacial score (nSPS) is 10.3. The molecule has 0 unspecified atom stereocenters. The molecule has 0 saturated heterocycles. The summed E-state index contributed by atoms with van der Waals surface area (Å²) in [6, 6.07) is 15.6. The topological polar surface area (TPSA) is 52.1 Å². The van der Waals surface area contributed by atoms with Crippen molar-refractivity contribution in [3.8, 4) is 16.9 Å². The highest BCUT2D eigenvalue weighted by atomic mass is 127. The van der Waals surface area contributed by atoms with E-state index in [2.05, 4.69) is 56.8 Å². The van der Waals surface area contributed by atoms with Crippen molar-refractivity contribution >= 4 is 28.6 Å². The minimum atomic E-state index is -0.514. The van der Waals surface area contributed by atoms with E-state index in [1.807, 2.05) is 19.1 Å². The maximum atomic E-state index is 12.0. The number of esters is 1. The number of ether oxygens (including phenoxy) is 1. The first-order valence-electron chi connectivity index (χ1n) is 6.99. The molecule has 23 heavy (non-hydrogen) atoms. The quantitative estimate of drug-likeness (QED) is 0.364. The predicted octanol–water partition coefficient (Wildman–Crippen LogP) is 4.28. The van der Waals surface area contributed by atoms with Crippen molar-refractivity contribution in [2.75, 3.05) is 0 Å². The molecule has 0 fully saturated rings. The second-order valence-corrected chi connectivity index (χ2v) is 6.21. The molecule has 0 bridgehead atoms. The van der Waals surface area contributed by atoms with Gasteiger partial charge in [0.05, 0.1) is 11.9 Å². The van der Waals surface area contributed by atoms with Crippen LogP contribution in [-0.2, 0) is 0 Å². The molecule has 1 aromatic heterocycles. The highest BCUT2D eigenvalue weighted by molar-refractivity contribution is 14.1. The minimum absolute atomic E-state index is 0.192. The lowest BCUT2D eigenvalue weighted by atomic mass is 10.1. The number of hydrogen-bond acceptors (Lipinski definition) is 4. The van der Waals surface area contributed by atoms with Crippen LogP contribution in [0, 0.1) is 10.5 Å². The van der Waals surface area contributed by atoms with Gasteiger partial charge in [0.2, 0.25) is 0 Å². The summed E-state index contributed by atoms with van der Waals surface area (Å²) in [7, 11) is 0. The van der Waals surface area contributed by atoms with Crippen LogP contribution in [0.4, 0.5) is 0 Å². The maximum Gasteiger partial charge on any atom is 0.363 e. The summed E-state index contributed by atoms with van der Waals surface area (Å²) in [5.74, 6) is -0.0360. The van der Waals surface area contributed by atoms with Crippen LogP contribution in [0.15, 0.2) is 60.9 Å². The number of halogens is 1. The van der Waals surface area contributed by atoms with Crippen molar-refractivity contribution in [1.29, 1.82) is 0 Å². The lowest BCUT2D eigenvalue weighted by Crippen LogP contribution is -2.11. The summed E-state index contributed by atoms with van der Waals surface area (Å²) >= 11 is 2.27. The van der Waals surface area contributed by atoms with Gasteiger partial charge >= 0.3 is 5.97 Å². The van der Waals surface area contributed by atoms with E-state index in [9.17, 15) is 4.79 Å². The lowest BCUT2D eigenvalue weighted by Gasteiger charge is -2.06. The fraction of sp³-hybridized carbons (Fsp3) is 0.0556. The molecule has 0 saturated carbocycles. The van der Waals surface area contributed by atoms with Crippen LogP contribution >= 0.6 is 22.6 Å². The molecule has 5 heteroatoms. The minimum Gasteiger partial charge on any atom is -0.422 e. The first-order valence-corrected chi connectivity index (χ1v) is 8.06. The number of rotatable bonds is 3. The van der Waals surface area contributed by atoms with Gasteiger partial charge in [-0.25, -0.2) is 9.78 Å². The molecular formula is C18H13IN2O2. The maximum absolute atomic E-state index is 12.0. The lowest BCUT2D eigenvalue weighted by molar-refractivity contribution is 0.0728.